The van der Waals surface area contributed by atoms with Crippen LogP contribution in [0.25, 0.3) is 143 Å². The molecule has 4 heterocycles. The van der Waals surface area contributed by atoms with Crippen LogP contribution < -0.4 is 0 Å². The van der Waals surface area contributed by atoms with Crippen LogP contribution in [-0.4, -0.2) is 24.1 Å². The highest BCUT2D eigenvalue weighted by Gasteiger charge is 2.24. The molecule has 0 amide bonds. The third-order valence-corrected chi connectivity index (χ3v) is 16.0. The molecule has 0 bridgehead atoms. The number of fused-ring (bicyclic) bond motifs is 11. The van der Waals surface area contributed by atoms with Crippen molar-refractivity contribution in [3.63, 3.8) is 0 Å². The minimum atomic E-state index is 0.602. The third-order valence-electron chi connectivity index (χ3n) is 14.8. The molecular formula is C69H43N5S. The maximum absolute atomic E-state index is 5.35. The molecule has 0 aliphatic rings. The van der Waals surface area contributed by atoms with Gasteiger partial charge in [-0.15, -0.1) is 11.3 Å². The Morgan fingerprint density at radius 1 is 0.267 bits per heavy atom. The first-order valence-corrected chi connectivity index (χ1v) is 26.2. The summed E-state index contributed by atoms with van der Waals surface area (Å²) in [5.74, 6) is 1.83. The fraction of sp³-hybridized carbons (Fsp3) is 0. The molecule has 0 atom stereocenters. The molecular weight excluding hydrogens is 931 g/mol. The van der Waals surface area contributed by atoms with Crippen LogP contribution in [0.4, 0.5) is 0 Å². The van der Waals surface area contributed by atoms with E-state index in [1.165, 1.54) is 69.4 Å². The average Bonchev–Trinajstić information content (AvgIpc) is 4.20. The Morgan fingerprint density at radius 3 is 1.36 bits per heavy atom. The zero-order chi connectivity index (χ0) is 49.4. The van der Waals surface area contributed by atoms with Crippen molar-refractivity contribution in [1.82, 2.24) is 24.1 Å². The number of rotatable bonds is 8. The van der Waals surface area contributed by atoms with Gasteiger partial charge in [-0.1, -0.05) is 231 Å². The summed E-state index contributed by atoms with van der Waals surface area (Å²) in [5, 5.41) is 7.38. The van der Waals surface area contributed by atoms with E-state index in [9.17, 15) is 0 Å². The molecule has 4 aromatic heterocycles. The minimum Gasteiger partial charge on any atom is -0.308 e. The fourth-order valence-electron chi connectivity index (χ4n) is 11.4. The van der Waals surface area contributed by atoms with Crippen LogP contribution in [-0.2, 0) is 0 Å². The first kappa shape index (κ1) is 42.9. The van der Waals surface area contributed by atoms with E-state index < -0.39 is 0 Å². The zero-order valence-corrected chi connectivity index (χ0v) is 41.3. The summed E-state index contributed by atoms with van der Waals surface area (Å²) in [6, 6.07) is 93.2. The fourth-order valence-corrected chi connectivity index (χ4v) is 12.7. The first-order chi connectivity index (χ1) is 37.2. The number of hydrogen-bond donors (Lipinski definition) is 0. The lowest BCUT2D eigenvalue weighted by atomic mass is 9.99. The number of nitrogens with zero attached hydrogens (tertiary/aromatic N) is 5. The first-order valence-electron chi connectivity index (χ1n) is 25.3. The maximum atomic E-state index is 5.35. The lowest BCUT2D eigenvalue weighted by molar-refractivity contribution is 1.07. The van der Waals surface area contributed by atoms with E-state index in [1.54, 1.807) is 0 Å². The lowest BCUT2D eigenvalue weighted by Crippen LogP contribution is -2.02. The molecule has 15 rings (SSSR count). The van der Waals surface area contributed by atoms with Gasteiger partial charge in [0, 0.05) is 60.3 Å². The molecule has 6 heteroatoms. The van der Waals surface area contributed by atoms with E-state index in [4.69, 9.17) is 15.0 Å². The molecule has 0 radical (unpaired) electrons. The topological polar surface area (TPSA) is 48.5 Å². The van der Waals surface area contributed by atoms with E-state index in [2.05, 4.69) is 258 Å². The zero-order valence-electron chi connectivity index (χ0n) is 40.5. The number of hydrogen-bond acceptors (Lipinski definition) is 4. The maximum Gasteiger partial charge on any atom is 0.164 e. The largest absolute Gasteiger partial charge is 0.308 e. The van der Waals surface area contributed by atoms with Gasteiger partial charge in [-0.2, -0.15) is 0 Å². The van der Waals surface area contributed by atoms with E-state index in [0.717, 1.165) is 55.8 Å². The molecule has 0 unspecified atom stereocenters. The smallest absolute Gasteiger partial charge is 0.164 e. The van der Waals surface area contributed by atoms with Crippen molar-refractivity contribution in [3.05, 3.63) is 261 Å². The summed E-state index contributed by atoms with van der Waals surface area (Å²) in [4.78, 5) is 15.9. The number of thiophene rings is 1. The van der Waals surface area contributed by atoms with Crippen LogP contribution in [0.1, 0.15) is 0 Å². The van der Waals surface area contributed by atoms with E-state index in [0.29, 0.717) is 17.5 Å². The predicted octanol–water partition coefficient (Wildman–Crippen LogP) is 18.4. The molecule has 0 saturated heterocycles. The van der Waals surface area contributed by atoms with Crippen LogP contribution in [0.2, 0.25) is 0 Å². The summed E-state index contributed by atoms with van der Waals surface area (Å²) in [7, 11) is 0. The summed E-state index contributed by atoms with van der Waals surface area (Å²) >= 11 is 1.89. The molecule has 75 heavy (non-hydrogen) atoms. The molecule has 15 aromatic rings. The standard InChI is InChI=1S/C69H43N5S/c1-4-19-44(20-5-1)45-35-37-48(38-36-45)67-70-68(72-69(71-67)59-31-11-10-27-51(59)46-21-6-2-7-22-46)49-25-18-26-50(43-49)73-61-33-16-13-29-53(61)55-39-41-57-58-42-40-56-54-30-14-17-34-62(54)74(64(56)66(58)75-65(57)63(55)73)60-32-15-12-28-52(60)47-23-8-3-9-24-47/h1-43H. The Balaban J connectivity index is 0.948. The third kappa shape index (κ3) is 7.03. The Kier molecular flexibility index (Phi) is 10.00. The van der Waals surface area contributed by atoms with Crippen molar-refractivity contribution in [1.29, 1.82) is 0 Å². The van der Waals surface area contributed by atoms with Gasteiger partial charge >= 0.3 is 0 Å². The molecule has 0 aliphatic heterocycles. The lowest BCUT2D eigenvalue weighted by Gasteiger charge is -2.14. The Morgan fingerprint density at radius 2 is 0.707 bits per heavy atom. The quantitative estimate of drug-likeness (QED) is 0.152. The van der Waals surface area contributed by atoms with Crippen molar-refractivity contribution >= 4 is 75.1 Å². The van der Waals surface area contributed by atoms with Crippen LogP contribution in [0.3, 0.4) is 0 Å². The second-order valence-electron chi connectivity index (χ2n) is 19.1. The predicted molar refractivity (Wildman–Crippen MR) is 314 cm³/mol. The van der Waals surface area contributed by atoms with E-state index in [-0.39, 0.29) is 0 Å². The molecule has 350 valence electrons. The number of benzene rings is 11. The average molecular weight is 974 g/mol. The molecule has 11 aromatic carbocycles. The Hall–Kier alpha value is -9.75. The summed E-state index contributed by atoms with van der Waals surface area (Å²) in [6.07, 6.45) is 0. The summed E-state index contributed by atoms with van der Waals surface area (Å²) < 4.78 is 7.47. The van der Waals surface area contributed by atoms with Crippen molar-refractivity contribution in [2.75, 3.05) is 0 Å². The highest BCUT2D eigenvalue weighted by molar-refractivity contribution is 7.27. The normalized spacial score (nSPS) is 11.7. The Labute approximate surface area is 436 Å². The number of para-hydroxylation sites is 3. The second kappa shape index (κ2) is 17.5. The van der Waals surface area contributed by atoms with Gasteiger partial charge in [-0.25, -0.2) is 15.0 Å². The summed E-state index contributed by atoms with van der Waals surface area (Å²) in [5.41, 5.74) is 16.5. The van der Waals surface area contributed by atoms with Gasteiger partial charge in [0.05, 0.1) is 37.2 Å². The highest BCUT2D eigenvalue weighted by atomic mass is 32.1. The second-order valence-corrected chi connectivity index (χ2v) is 20.1. The molecule has 0 saturated carbocycles. The molecule has 0 fully saturated rings. The van der Waals surface area contributed by atoms with Gasteiger partial charge in [-0.3, -0.25) is 0 Å². The Bertz CT molecular complexity index is 4690. The van der Waals surface area contributed by atoms with Gasteiger partial charge in [-0.05, 0) is 58.1 Å². The van der Waals surface area contributed by atoms with Crippen molar-refractivity contribution in [2.45, 2.75) is 0 Å². The van der Waals surface area contributed by atoms with Crippen LogP contribution in [0.15, 0.2) is 261 Å². The summed E-state index contributed by atoms with van der Waals surface area (Å²) in [6.45, 7) is 0. The SMILES string of the molecule is c1ccc(-c2ccc(-c3nc(-c4cccc(-n5c6ccccc6c6ccc7c8ccc9c%10ccccc%10n(-c%10ccccc%10-c%10ccccc%10)c9c8sc7c65)c4)nc(-c4ccccc4-c4ccccc4)n3)cc2)cc1. The van der Waals surface area contributed by atoms with Crippen LogP contribution in [0, 0.1) is 0 Å². The highest BCUT2D eigenvalue weighted by Crippen LogP contribution is 2.48. The van der Waals surface area contributed by atoms with Gasteiger partial charge < -0.3 is 9.13 Å². The number of aromatic nitrogens is 5. The van der Waals surface area contributed by atoms with Crippen molar-refractivity contribution < 1.29 is 0 Å². The molecule has 0 N–H and O–H groups in total. The van der Waals surface area contributed by atoms with Crippen LogP contribution in [0.5, 0.6) is 0 Å². The van der Waals surface area contributed by atoms with Gasteiger partial charge in [0.1, 0.15) is 0 Å². The molecule has 5 nitrogen and oxygen atoms in total. The van der Waals surface area contributed by atoms with Crippen molar-refractivity contribution in [2.24, 2.45) is 0 Å². The van der Waals surface area contributed by atoms with E-state index >= 15 is 0 Å². The van der Waals surface area contributed by atoms with Gasteiger partial charge in [0.25, 0.3) is 0 Å². The monoisotopic (exact) mass is 973 g/mol. The van der Waals surface area contributed by atoms with Gasteiger partial charge in [0.2, 0.25) is 0 Å². The molecule has 0 aliphatic carbocycles. The van der Waals surface area contributed by atoms with Gasteiger partial charge in [0.15, 0.2) is 17.5 Å². The molecule has 0 spiro atoms. The minimum absolute atomic E-state index is 0.602. The van der Waals surface area contributed by atoms with Crippen LogP contribution >= 0.6 is 11.3 Å². The van der Waals surface area contributed by atoms with E-state index in [1.807, 2.05) is 23.5 Å². The van der Waals surface area contributed by atoms with Crippen molar-refractivity contribution in [3.8, 4) is 78.9 Å².